The van der Waals surface area contributed by atoms with E-state index in [1.165, 1.54) is 36.5 Å². The number of anilines is 2. The Hall–Kier alpha value is -4.65. The predicted molar refractivity (Wildman–Crippen MR) is 157 cm³/mol. The van der Waals surface area contributed by atoms with Crippen molar-refractivity contribution in [2.75, 3.05) is 37.4 Å². The summed E-state index contributed by atoms with van der Waals surface area (Å²) >= 11 is 0. The van der Waals surface area contributed by atoms with Crippen LogP contribution < -0.4 is 15.4 Å². The monoisotopic (exact) mass is 613 g/mol. The highest BCUT2D eigenvalue weighted by molar-refractivity contribution is 6.04. The molecular weight excluding hydrogens is 579 g/mol. The lowest BCUT2D eigenvalue weighted by molar-refractivity contribution is -0.137. The molecule has 1 aliphatic rings. The number of carbonyl (C=O) groups is 3. The number of ether oxygens (including phenoxy) is 1. The molecule has 44 heavy (non-hydrogen) atoms. The van der Waals surface area contributed by atoms with E-state index in [1.54, 1.807) is 42.2 Å². The first kappa shape index (κ1) is 32.3. The van der Waals surface area contributed by atoms with Crippen LogP contribution in [0.15, 0.2) is 67.0 Å². The molecule has 0 fully saturated rings. The maximum Gasteiger partial charge on any atom is 0.416 e. The summed E-state index contributed by atoms with van der Waals surface area (Å²) in [6, 6.07) is 11.2. The first-order valence-corrected chi connectivity index (χ1v) is 14.0. The first-order valence-electron chi connectivity index (χ1n) is 14.0. The summed E-state index contributed by atoms with van der Waals surface area (Å²) in [6.45, 7) is 3.65. The van der Waals surface area contributed by atoms with Gasteiger partial charge in [0.2, 0.25) is 5.91 Å². The molecule has 3 atom stereocenters. The van der Waals surface area contributed by atoms with E-state index in [-0.39, 0.29) is 49.5 Å². The highest BCUT2D eigenvalue weighted by Crippen LogP contribution is 2.31. The lowest BCUT2D eigenvalue weighted by Crippen LogP contribution is -2.48. The number of hydrogen-bond donors (Lipinski definition) is 3. The van der Waals surface area contributed by atoms with Crippen LogP contribution in [-0.4, -0.2) is 76.6 Å². The molecule has 1 aromatic heterocycles. The number of fused-ring (bicyclic) bond motifs is 1. The zero-order chi connectivity index (χ0) is 32.0. The lowest BCUT2D eigenvalue weighted by Gasteiger charge is -2.34. The number of amides is 4. The second-order valence-corrected chi connectivity index (χ2v) is 10.8. The summed E-state index contributed by atoms with van der Waals surface area (Å²) in [5, 5.41) is 15.3. The SMILES string of the molecule is C[C@@H]1CN([C@@H](C)CO)C(=O)Cc2cc(NC(=O)c3ccncc3)ccc2O[C@H]1CN(C)C(=O)Nc1ccc(C(F)(F)F)cc1. The van der Waals surface area contributed by atoms with Crippen LogP contribution in [0.2, 0.25) is 0 Å². The number of hydrogen-bond acceptors (Lipinski definition) is 6. The van der Waals surface area contributed by atoms with Crippen LogP contribution in [0.25, 0.3) is 0 Å². The smallest absolute Gasteiger partial charge is 0.416 e. The highest BCUT2D eigenvalue weighted by atomic mass is 19.4. The Balaban J connectivity index is 1.55. The molecule has 0 saturated carbocycles. The standard InChI is InChI=1S/C31H34F3N5O5/c1-19-16-39(20(2)18-40)28(41)15-22-14-25(36-29(42)21-10-12-35-13-11-21)8-9-26(22)44-27(19)17-38(3)30(43)37-24-6-4-23(5-7-24)31(32,33)34/h4-14,19-20,27,40H,15-18H2,1-3H3,(H,36,42)(H,37,43)/t19-,20+,27+/m1/s1. The average molecular weight is 614 g/mol. The lowest BCUT2D eigenvalue weighted by atomic mass is 10.0. The first-order chi connectivity index (χ1) is 20.8. The number of aromatic nitrogens is 1. The van der Waals surface area contributed by atoms with E-state index in [1.807, 2.05) is 6.92 Å². The van der Waals surface area contributed by atoms with Crippen LogP contribution in [0.5, 0.6) is 5.75 Å². The molecule has 2 aromatic carbocycles. The van der Waals surface area contributed by atoms with Gasteiger partial charge in [-0.3, -0.25) is 14.6 Å². The summed E-state index contributed by atoms with van der Waals surface area (Å²) < 4.78 is 45.1. The van der Waals surface area contributed by atoms with Crippen LogP contribution in [0.4, 0.5) is 29.3 Å². The summed E-state index contributed by atoms with van der Waals surface area (Å²) in [5.74, 6) is -0.501. The van der Waals surface area contributed by atoms with Gasteiger partial charge in [-0.05, 0) is 61.5 Å². The molecule has 234 valence electrons. The number of alkyl halides is 3. The number of urea groups is 1. The molecule has 0 aliphatic carbocycles. The summed E-state index contributed by atoms with van der Waals surface area (Å²) in [4.78, 5) is 45.9. The van der Waals surface area contributed by atoms with Crippen molar-refractivity contribution in [3.05, 3.63) is 83.7 Å². The fourth-order valence-electron chi connectivity index (χ4n) is 4.75. The maximum atomic E-state index is 13.4. The van der Waals surface area contributed by atoms with Crippen LogP contribution in [-0.2, 0) is 17.4 Å². The molecule has 3 aromatic rings. The van der Waals surface area contributed by atoms with Crippen molar-refractivity contribution in [1.29, 1.82) is 0 Å². The second-order valence-electron chi connectivity index (χ2n) is 10.8. The minimum Gasteiger partial charge on any atom is -0.488 e. The molecule has 0 spiro atoms. The van der Waals surface area contributed by atoms with E-state index in [0.29, 0.717) is 22.6 Å². The van der Waals surface area contributed by atoms with Crippen molar-refractivity contribution in [1.82, 2.24) is 14.8 Å². The van der Waals surface area contributed by atoms with Crippen molar-refractivity contribution >= 4 is 29.2 Å². The number of carbonyl (C=O) groups excluding carboxylic acids is 3. The number of benzene rings is 2. The van der Waals surface area contributed by atoms with Crippen molar-refractivity contribution in [3.63, 3.8) is 0 Å². The summed E-state index contributed by atoms with van der Waals surface area (Å²) in [7, 11) is 1.53. The van der Waals surface area contributed by atoms with Gasteiger partial charge in [0.05, 0.1) is 31.2 Å². The number of pyridine rings is 1. The number of halogens is 3. The fraction of sp³-hybridized carbons (Fsp3) is 0.355. The van der Waals surface area contributed by atoms with Crippen molar-refractivity contribution < 1.29 is 37.4 Å². The van der Waals surface area contributed by atoms with E-state index in [9.17, 15) is 32.7 Å². The van der Waals surface area contributed by atoms with Crippen LogP contribution in [0.3, 0.4) is 0 Å². The van der Waals surface area contributed by atoms with Gasteiger partial charge in [-0.2, -0.15) is 13.2 Å². The van der Waals surface area contributed by atoms with E-state index in [2.05, 4.69) is 15.6 Å². The van der Waals surface area contributed by atoms with Gasteiger partial charge in [0.15, 0.2) is 0 Å². The van der Waals surface area contributed by atoms with Gasteiger partial charge < -0.3 is 30.3 Å². The Labute approximate surface area is 252 Å². The molecule has 0 radical (unpaired) electrons. The molecule has 0 unspecified atom stereocenters. The second kappa shape index (κ2) is 13.8. The molecule has 13 heteroatoms. The Morgan fingerprint density at radius 1 is 1.09 bits per heavy atom. The van der Waals surface area contributed by atoms with Crippen molar-refractivity contribution in [3.8, 4) is 5.75 Å². The number of likely N-dealkylation sites (N-methyl/N-ethyl adjacent to an activating group) is 1. The Bertz CT molecular complexity index is 1470. The predicted octanol–water partition coefficient (Wildman–Crippen LogP) is 4.67. The van der Waals surface area contributed by atoms with Gasteiger partial charge in [0.25, 0.3) is 5.91 Å². The van der Waals surface area contributed by atoms with Gasteiger partial charge >= 0.3 is 12.2 Å². The van der Waals surface area contributed by atoms with Crippen LogP contribution >= 0.6 is 0 Å². The van der Waals surface area contributed by atoms with Gasteiger partial charge in [-0.1, -0.05) is 6.92 Å². The summed E-state index contributed by atoms with van der Waals surface area (Å²) in [6.07, 6.45) is -2.15. The van der Waals surface area contributed by atoms with Gasteiger partial charge in [0.1, 0.15) is 11.9 Å². The van der Waals surface area contributed by atoms with E-state index < -0.39 is 29.9 Å². The zero-order valence-corrected chi connectivity index (χ0v) is 24.5. The number of nitrogens with zero attached hydrogens (tertiary/aromatic N) is 3. The van der Waals surface area contributed by atoms with Crippen molar-refractivity contribution in [2.24, 2.45) is 5.92 Å². The van der Waals surface area contributed by atoms with Crippen LogP contribution in [0, 0.1) is 5.92 Å². The molecule has 3 N–H and O–H groups in total. The molecule has 4 amide bonds. The quantitative estimate of drug-likeness (QED) is 0.356. The Morgan fingerprint density at radius 2 is 1.75 bits per heavy atom. The third kappa shape index (κ3) is 8.04. The molecule has 4 rings (SSSR count). The van der Waals surface area contributed by atoms with Gasteiger partial charge in [-0.25, -0.2) is 4.79 Å². The van der Waals surface area contributed by atoms with Crippen molar-refractivity contribution in [2.45, 2.75) is 38.6 Å². The fourth-order valence-corrected chi connectivity index (χ4v) is 4.75. The minimum atomic E-state index is -4.49. The molecule has 0 saturated heterocycles. The van der Waals surface area contributed by atoms with E-state index in [4.69, 9.17) is 4.74 Å². The van der Waals surface area contributed by atoms with Gasteiger partial charge in [-0.15, -0.1) is 0 Å². The number of aliphatic hydroxyl groups excluding tert-OH is 1. The topological polar surface area (TPSA) is 124 Å². The Kier molecular flexibility index (Phi) is 10.1. The van der Waals surface area contributed by atoms with E-state index in [0.717, 1.165) is 12.1 Å². The zero-order valence-electron chi connectivity index (χ0n) is 24.5. The van der Waals surface area contributed by atoms with Gasteiger partial charge in [0, 0.05) is 54.4 Å². The third-order valence-electron chi connectivity index (χ3n) is 7.38. The summed E-state index contributed by atoms with van der Waals surface area (Å²) in [5.41, 5.74) is 0.727. The average Bonchev–Trinajstić information content (AvgIpc) is 3.04. The normalized spacial score (nSPS) is 17.7. The Morgan fingerprint density at radius 3 is 2.39 bits per heavy atom. The largest absolute Gasteiger partial charge is 0.488 e. The number of rotatable bonds is 7. The molecule has 2 heterocycles. The molecular formula is C31H34F3N5O5. The third-order valence-corrected chi connectivity index (χ3v) is 7.38. The van der Waals surface area contributed by atoms with E-state index >= 15 is 0 Å². The molecule has 0 bridgehead atoms. The minimum absolute atomic E-state index is 0.0532. The molecule has 1 aliphatic heterocycles. The maximum absolute atomic E-state index is 13.4. The molecule has 10 nitrogen and oxygen atoms in total. The highest BCUT2D eigenvalue weighted by Gasteiger charge is 2.32. The number of aliphatic hydroxyl groups is 1. The number of nitrogens with one attached hydrogen (secondary N) is 2. The van der Waals surface area contributed by atoms with Crippen LogP contribution in [0.1, 0.15) is 35.3 Å².